The third kappa shape index (κ3) is 26.7. The van der Waals surface area contributed by atoms with Gasteiger partial charge in [-0.1, -0.05) is 0 Å². The van der Waals surface area contributed by atoms with Gasteiger partial charge in [0.2, 0.25) is 0 Å². The van der Waals surface area contributed by atoms with Crippen molar-refractivity contribution in [1.82, 2.24) is 10.6 Å². The molecule has 0 unspecified atom stereocenters. The van der Waals surface area contributed by atoms with E-state index in [1.165, 1.54) is 0 Å². The molecule has 140 valence electrons. The van der Waals surface area contributed by atoms with E-state index in [4.69, 9.17) is 31.3 Å². The third-order valence-electron chi connectivity index (χ3n) is 2.39. The molecule has 0 heterocycles. The second kappa shape index (κ2) is 24.8. The average molecular weight is 422 g/mol. The molecule has 0 aliphatic carbocycles. The maximum Gasteiger partial charge on any atom is 1.00 e. The van der Waals surface area contributed by atoms with Crippen LogP contribution in [0, 0.1) is 0 Å². The molecule has 0 aliphatic rings. The summed E-state index contributed by atoms with van der Waals surface area (Å²) < 4.78 is 0. The van der Waals surface area contributed by atoms with Gasteiger partial charge < -0.3 is 41.9 Å². The molecule has 0 aliphatic heterocycles. The van der Waals surface area contributed by atoms with Crippen LogP contribution in [-0.2, 0) is 19.2 Å². The Morgan fingerprint density at radius 2 is 1.00 bits per heavy atom. The van der Waals surface area contributed by atoms with Crippen LogP contribution in [0.1, 0.15) is 12.8 Å². The summed E-state index contributed by atoms with van der Waals surface area (Å²) in [5.41, 5.74) is 4.78. The van der Waals surface area contributed by atoms with E-state index in [0.29, 0.717) is 6.54 Å². The van der Waals surface area contributed by atoms with Gasteiger partial charge in [-0.3, -0.25) is 19.2 Å². The minimum absolute atomic E-state index is 0. The number of carboxylic acid groups (broad SMARTS) is 4. The predicted octanol–water partition coefficient (Wildman–Crippen LogP) is -12.0. The van der Waals surface area contributed by atoms with Crippen molar-refractivity contribution >= 4 is 23.9 Å². The van der Waals surface area contributed by atoms with Gasteiger partial charge in [-0.15, -0.1) is 0 Å². The molecule has 0 amide bonds. The van der Waals surface area contributed by atoms with Gasteiger partial charge in [0.15, 0.2) is 0 Å². The van der Waals surface area contributed by atoms with Crippen LogP contribution in [-0.4, -0.2) is 87.7 Å². The van der Waals surface area contributed by atoms with Crippen LogP contribution >= 0.6 is 0 Å². The fraction of sp³-hybridized carbons (Fsp3) is 0.667. The van der Waals surface area contributed by atoms with Crippen molar-refractivity contribution in [2.45, 2.75) is 24.9 Å². The number of carbonyl (C=O) groups is 4. The van der Waals surface area contributed by atoms with E-state index >= 15 is 0 Å². The number of aliphatic carboxylic acids is 4. The first-order valence-corrected chi connectivity index (χ1v) is 6.82. The molecule has 0 rings (SSSR count). The van der Waals surface area contributed by atoms with Crippen LogP contribution in [0.25, 0.3) is 0 Å². The van der Waals surface area contributed by atoms with Crippen molar-refractivity contribution in [3.63, 3.8) is 0 Å². The van der Waals surface area contributed by atoms with E-state index in [-0.39, 0.29) is 108 Å². The second-order valence-electron chi connectivity index (χ2n) is 4.40. The Bertz CT molecular complexity index is 392. The van der Waals surface area contributed by atoms with E-state index in [2.05, 4.69) is 10.6 Å². The zero-order valence-corrected chi connectivity index (χ0v) is 21.8. The zero-order chi connectivity index (χ0) is 19.1. The monoisotopic (exact) mass is 422 g/mol. The minimum atomic E-state index is -1.34. The molecular weight excluding hydrogens is 399 g/mol. The predicted molar refractivity (Wildman–Crippen MR) is 79.5 cm³/mol. The Balaban J connectivity index is -0.000000209. The van der Waals surface area contributed by atoms with Crippen molar-refractivity contribution in [1.29, 1.82) is 0 Å². The van der Waals surface area contributed by atoms with Crippen molar-refractivity contribution in [3.05, 3.63) is 0 Å². The number of aliphatic hydroxyl groups excluding tert-OH is 1. The van der Waals surface area contributed by atoms with Crippen LogP contribution in [0.4, 0.5) is 0 Å². The number of nitrogens with one attached hydrogen (secondary N) is 2. The molecule has 0 aromatic heterocycles. The van der Waals surface area contributed by atoms with Crippen LogP contribution in [0.3, 0.4) is 0 Å². The van der Waals surface area contributed by atoms with E-state index in [0.717, 1.165) is 0 Å². The normalized spacial score (nSPS) is 11.0. The van der Waals surface area contributed by atoms with Gasteiger partial charge >= 0.3 is 113 Å². The summed E-state index contributed by atoms with van der Waals surface area (Å²) in [6, 6.07) is -2.59. The largest absolute Gasteiger partial charge is 1.00 e. The van der Waals surface area contributed by atoms with E-state index in [1.54, 1.807) is 0 Å². The van der Waals surface area contributed by atoms with Gasteiger partial charge in [-0.05, 0) is 0 Å². The Morgan fingerprint density at radius 3 is 1.15 bits per heavy atom. The first-order valence-electron chi connectivity index (χ1n) is 6.82. The van der Waals surface area contributed by atoms with E-state index in [1.807, 2.05) is 0 Å². The maximum atomic E-state index is 10.7. The maximum absolute atomic E-state index is 10.7. The summed E-state index contributed by atoms with van der Waals surface area (Å²) in [4.78, 5) is 42.2. The van der Waals surface area contributed by atoms with Crippen LogP contribution in [0.5, 0.6) is 0 Å². The molecule has 0 aromatic rings. The number of nitrogens with two attached hydrogens (primary N) is 1. The first-order chi connectivity index (χ1) is 11.1. The molecule has 15 heteroatoms. The molecule has 0 spiro atoms. The fourth-order valence-electron chi connectivity index (χ4n) is 1.34. The smallest absolute Gasteiger partial charge is 0.481 e. The van der Waals surface area contributed by atoms with E-state index < -0.39 is 48.8 Å². The number of hydrogen-bond acceptors (Lipinski definition) is 8. The summed E-state index contributed by atoms with van der Waals surface area (Å²) >= 11 is 0. The van der Waals surface area contributed by atoms with Gasteiger partial charge in [-0.2, -0.15) is 0 Å². The topological polar surface area (TPSA) is 220 Å². The van der Waals surface area contributed by atoms with E-state index in [9.17, 15) is 19.2 Å². The zero-order valence-electron chi connectivity index (χ0n) is 15.8. The fourth-order valence-corrected chi connectivity index (χ4v) is 1.34. The van der Waals surface area contributed by atoms with Crippen LogP contribution in [0.15, 0.2) is 0 Å². The Hall–Kier alpha value is 0.720. The molecule has 2 atom stereocenters. The minimum Gasteiger partial charge on any atom is -0.481 e. The summed E-state index contributed by atoms with van der Waals surface area (Å²) in [6.45, 7) is 0.432. The van der Waals surface area contributed by atoms with Gasteiger partial charge in [0, 0.05) is 19.6 Å². The number of aliphatic hydroxyl groups is 1. The Labute approximate surface area is 222 Å². The van der Waals surface area contributed by atoms with Crippen LogP contribution < -0.4 is 105 Å². The Morgan fingerprint density at radius 1 is 0.741 bits per heavy atom. The molecule has 9 N–H and O–H groups in total. The SMILES string of the molecule is NCCO.O=C(O)C[C@H](NCCN[C@@H](CC(=O)O)C(=O)O)C(=O)O.[Na+].[Na+].[Na+]. The second-order valence-corrected chi connectivity index (χ2v) is 4.40. The van der Waals surface area contributed by atoms with Gasteiger partial charge in [0.25, 0.3) is 0 Å². The molecule has 12 nitrogen and oxygen atoms in total. The summed E-state index contributed by atoms with van der Waals surface area (Å²) in [7, 11) is 0. The number of hydrogen-bond donors (Lipinski definition) is 8. The molecule has 0 aromatic carbocycles. The first kappa shape index (κ1) is 38.3. The Kier molecular flexibility index (Phi) is 35.2. The molecule has 0 fully saturated rings. The molecule has 0 bridgehead atoms. The molecular formula is C12H23N3Na3O9+3. The quantitative estimate of drug-likeness (QED) is 0.109. The molecule has 0 saturated carbocycles. The van der Waals surface area contributed by atoms with Crippen molar-refractivity contribution in [2.24, 2.45) is 5.73 Å². The van der Waals surface area contributed by atoms with Crippen molar-refractivity contribution < 1.29 is 133 Å². The number of rotatable bonds is 12. The number of carboxylic acids is 4. The molecule has 27 heavy (non-hydrogen) atoms. The van der Waals surface area contributed by atoms with Crippen molar-refractivity contribution in [3.8, 4) is 0 Å². The van der Waals surface area contributed by atoms with Gasteiger partial charge in [-0.25, -0.2) is 0 Å². The van der Waals surface area contributed by atoms with Gasteiger partial charge in [0.05, 0.1) is 19.4 Å². The summed E-state index contributed by atoms with van der Waals surface area (Å²) in [5, 5.41) is 47.0. The average Bonchev–Trinajstić information content (AvgIpc) is 2.48. The van der Waals surface area contributed by atoms with Gasteiger partial charge in [0.1, 0.15) is 12.1 Å². The standard InChI is InChI=1S/C10H16N2O8.C2H7NO.3Na/c13-7(14)3-5(9(17)18)11-1-2-12-6(10(19)20)4-8(15)16;3-1-2-4;;;/h5-6,11-12H,1-4H2,(H,13,14)(H,15,16)(H,17,18)(H,19,20);4H,1-3H2;;;/q;;3*+1/t5-,6-;;;;/m0..../s1. The van der Waals surface area contributed by atoms with Crippen LogP contribution in [0.2, 0.25) is 0 Å². The molecule has 0 radical (unpaired) electrons. The molecule has 0 saturated heterocycles. The van der Waals surface area contributed by atoms with Crippen molar-refractivity contribution in [2.75, 3.05) is 26.2 Å². The summed E-state index contributed by atoms with van der Waals surface area (Å²) in [6.07, 6.45) is -1.24. The summed E-state index contributed by atoms with van der Waals surface area (Å²) in [5.74, 6) is -5.25. The third-order valence-corrected chi connectivity index (χ3v) is 2.39.